The van der Waals surface area contributed by atoms with Gasteiger partial charge in [-0.25, -0.2) is 4.39 Å². The molecular formula is C9H8FNO. The molecule has 0 saturated heterocycles. The fraction of sp³-hybridized carbons (Fsp3) is 0.333. The Hall–Kier alpha value is -1.43. The quantitative estimate of drug-likeness (QED) is 0.591. The van der Waals surface area contributed by atoms with Crippen LogP contribution in [-0.2, 0) is 4.79 Å². The van der Waals surface area contributed by atoms with Crippen molar-refractivity contribution in [1.82, 2.24) is 0 Å². The first kappa shape index (κ1) is 8.66. The number of halogens is 1. The molecule has 2 unspecified atom stereocenters. The third kappa shape index (κ3) is 1.16. The Morgan fingerprint density at radius 2 is 2.33 bits per heavy atom. The first-order chi connectivity index (χ1) is 5.61. The molecule has 2 atom stereocenters. The van der Waals surface area contributed by atoms with E-state index < -0.39 is 17.4 Å². The number of alkyl halides is 1. The maximum Gasteiger partial charge on any atom is 0.206 e. The molecule has 0 heterocycles. The number of rotatable bonds is 1. The molecule has 0 aromatic heterocycles. The van der Waals surface area contributed by atoms with Gasteiger partial charge in [-0.15, -0.1) is 0 Å². The molecule has 3 heteroatoms. The van der Waals surface area contributed by atoms with Crippen LogP contribution in [0.3, 0.4) is 0 Å². The van der Waals surface area contributed by atoms with Crippen LogP contribution in [0.25, 0.3) is 0 Å². The summed E-state index contributed by atoms with van der Waals surface area (Å²) in [6, 6.07) is 1.74. The number of carbonyl (C=O) groups excluding carboxylic acids is 1. The zero-order valence-electron chi connectivity index (χ0n) is 6.62. The van der Waals surface area contributed by atoms with Gasteiger partial charge in [0.05, 0.1) is 6.07 Å². The molecule has 0 fully saturated rings. The van der Waals surface area contributed by atoms with E-state index in [0.29, 0.717) is 0 Å². The lowest BCUT2D eigenvalue weighted by molar-refractivity contribution is -0.126. The van der Waals surface area contributed by atoms with E-state index in [1.165, 1.54) is 12.2 Å². The van der Waals surface area contributed by atoms with Crippen LogP contribution >= 0.6 is 0 Å². The van der Waals surface area contributed by atoms with Crippen LogP contribution in [0.4, 0.5) is 4.39 Å². The molecule has 1 rings (SSSR count). The molecule has 1 aliphatic rings. The van der Waals surface area contributed by atoms with E-state index in [9.17, 15) is 9.18 Å². The second-order valence-corrected chi connectivity index (χ2v) is 2.68. The number of ketones is 1. The van der Waals surface area contributed by atoms with E-state index in [4.69, 9.17) is 5.26 Å². The minimum absolute atomic E-state index is 0.630. The van der Waals surface area contributed by atoms with Crippen LogP contribution in [-0.4, -0.2) is 11.5 Å². The molecule has 12 heavy (non-hydrogen) atoms. The number of nitrogens with zero attached hydrogens (tertiary/aromatic N) is 1. The summed E-state index contributed by atoms with van der Waals surface area (Å²) in [7, 11) is 0. The standard InChI is InChI=1S/C9H8FNO/c1-7(12)9(10)5-3-2-4-8(9)6-11/h2-5,8H,1H3. The highest BCUT2D eigenvalue weighted by Gasteiger charge is 2.41. The zero-order chi connectivity index (χ0) is 9.19. The lowest BCUT2D eigenvalue weighted by atomic mass is 9.84. The Balaban J connectivity index is 3.05. The second kappa shape index (κ2) is 2.90. The molecule has 62 valence electrons. The van der Waals surface area contributed by atoms with Crippen molar-refractivity contribution in [2.45, 2.75) is 12.6 Å². The minimum Gasteiger partial charge on any atom is -0.296 e. The fourth-order valence-electron chi connectivity index (χ4n) is 1.09. The summed E-state index contributed by atoms with van der Waals surface area (Å²) >= 11 is 0. The van der Waals surface area contributed by atoms with Gasteiger partial charge in [0.25, 0.3) is 0 Å². The molecule has 0 spiro atoms. The number of nitriles is 1. The predicted molar refractivity (Wildman–Crippen MR) is 41.9 cm³/mol. The molecular weight excluding hydrogens is 157 g/mol. The van der Waals surface area contributed by atoms with Crippen molar-refractivity contribution in [2.75, 3.05) is 0 Å². The van der Waals surface area contributed by atoms with Gasteiger partial charge < -0.3 is 0 Å². The van der Waals surface area contributed by atoms with Gasteiger partial charge in [0.1, 0.15) is 5.92 Å². The minimum atomic E-state index is -2.12. The first-order valence-corrected chi connectivity index (χ1v) is 3.57. The smallest absolute Gasteiger partial charge is 0.206 e. The molecule has 0 aliphatic heterocycles. The highest BCUT2D eigenvalue weighted by molar-refractivity contribution is 5.88. The van der Waals surface area contributed by atoms with Crippen molar-refractivity contribution in [3.05, 3.63) is 24.3 Å². The van der Waals surface area contributed by atoms with Gasteiger partial charge in [-0.05, 0) is 13.0 Å². The van der Waals surface area contributed by atoms with Gasteiger partial charge in [0.15, 0.2) is 5.78 Å². The molecule has 0 radical (unpaired) electrons. The maximum absolute atomic E-state index is 13.6. The van der Waals surface area contributed by atoms with Crippen LogP contribution in [0.1, 0.15) is 6.92 Å². The topological polar surface area (TPSA) is 40.9 Å². The molecule has 0 bridgehead atoms. The highest BCUT2D eigenvalue weighted by Crippen LogP contribution is 2.29. The van der Waals surface area contributed by atoms with Crippen LogP contribution in [0.15, 0.2) is 24.3 Å². The lowest BCUT2D eigenvalue weighted by Crippen LogP contribution is -2.37. The largest absolute Gasteiger partial charge is 0.296 e. The van der Waals surface area contributed by atoms with E-state index in [2.05, 4.69) is 0 Å². The summed E-state index contributed by atoms with van der Waals surface area (Å²) < 4.78 is 13.6. The predicted octanol–water partition coefficient (Wildman–Crippen LogP) is 1.55. The number of hydrogen-bond acceptors (Lipinski definition) is 2. The summed E-state index contributed by atoms with van der Waals surface area (Å²) in [6.07, 6.45) is 5.52. The van der Waals surface area contributed by atoms with Crippen LogP contribution in [0.5, 0.6) is 0 Å². The Labute approximate surface area is 70.0 Å². The third-order valence-corrected chi connectivity index (χ3v) is 1.88. The van der Waals surface area contributed by atoms with Gasteiger partial charge in [-0.2, -0.15) is 5.26 Å². The highest BCUT2D eigenvalue weighted by atomic mass is 19.1. The molecule has 0 aromatic rings. The summed E-state index contributed by atoms with van der Waals surface area (Å²) in [5, 5.41) is 8.55. The zero-order valence-corrected chi connectivity index (χ0v) is 6.62. The average Bonchev–Trinajstić information content (AvgIpc) is 2.05. The second-order valence-electron chi connectivity index (χ2n) is 2.68. The fourth-order valence-corrected chi connectivity index (χ4v) is 1.09. The van der Waals surface area contributed by atoms with E-state index in [0.717, 1.165) is 13.0 Å². The number of hydrogen-bond donors (Lipinski definition) is 0. The third-order valence-electron chi connectivity index (χ3n) is 1.88. The Bertz CT molecular complexity index is 300. The van der Waals surface area contributed by atoms with Crippen molar-refractivity contribution in [3.63, 3.8) is 0 Å². The van der Waals surface area contributed by atoms with Crippen LogP contribution < -0.4 is 0 Å². The van der Waals surface area contributed by atoms with Gasteiger partial charge in [0, 0.05) is 0 Å². The molecule has 2 nitrogen and oxygen atoms in total. The molecule has 0 saturated carbocycles. The van der Waals surface area contributed by atoms with Crippen molar-refractivity contribution < 1.29 is 9.18 Å². The summed E-state index contributed by atoms with van der Waals surface area (Å²) in [4.78, 5) is 10.9. The van der Waals surface area contributed by atoms with E-state index >= 15 is 0 Å². The van der Waals surface area contributed by atoms with Gasteiger partial charge >= 0.3 is 0 Å². The molecule has 0 N–H and O–H groups in total. The molecule has 0 amide bonds. The number of Topliss-reactive ketones (excluding diaryl/α,β-unsaturated/α-hetero) is 1. The number of allylic oxidation sites excluding steroid dienone is 4. The van der Waals surface area contributed by atoms with E-state index in [-0.39, 0.29) is 0 Å². The lowest BCUT2D eigenvalue weighted by Gasteiger charge is -2.23. The van der Waals surface area contributed by atoms with Gasteiger partial charge in [-0.1, -0.05) is 18.2 Å². The summed E-state index contributed by atoms with van der Waals surface area (Å²) in [6.45, 7) is 1.15. The normalized spacial score (nSPS) is 32.9. The number of carbonyl (C=O) groups is 1. The van der Waals surface area contributed by atoms with E-state index in [1.807, 2.05) is 0 Å². The van der Waals surface area contributed by atoms with Crippen LogP contribution in [0.2, 0.25) is 0 Å². The van der Waals surface area contributed by atoms with Crippen molar-refractivity contribution in [1.29, 1.82) is 5.26 Å². The van der Waals surface area contributed by atoms with E-state index in [1.54, 1.807) is 12.1 Å². The first-order valence-electron chi connectivity index (χ1n) is 3.57. The van der Waals surface area contributed by atoms with Gasteiger partial charge in [0.2, 0.25) is 5.67 Å². The maximum atomic E-state index is 13.6. The SMILES string of the molecule is CC(=O)C1(F)C=CC=CC1C#N. The Morgan fingerprint density at radius 3 is 2.75 bits per heavy atom. The Morgan fingerprint density at radius 1 is 1.67 bits per heavy atom. The van der Waals surface area contributed by atoms with Crippen LogP contribution in [0, 0.1) is 17.2 Å². The monoisotopic (exact) mass is 165 g/mol. The van der Waals surface area contributed by atoms with Crippen molar-refractivity contribution in [2.24, 2.45) is 5.92 Å². The Kier molecular flexibility index (Phi) is 2.09. The van der Waals surface area contributed by atoms with Crippen molar-refractivity contribution >= 4 is 5.78 Å². The summed E-state index contributed by atoms with van der Waals surface area (Å²) in [5.74, 6) is -1.62. The molecule has 1 aliphatic carbocycles. The van der Waals surface area contributed by atoms with Crippen molar-refractivity contribution in [3.8, 4) is 6.07 Å². The van der Waals surface area contributed by atoms with Gasteiger partial charge in [-0.3, -0.25) is 4.79 Å². The molecule has 0 aromatic carbocycles. The average molecular weight is 165 g/mol. The summed E-state index contributed by atoms with van der Waals surface area (Å²) in [5.41, 5.74) is -2.12.